The molecule has 4 rings (SSSR count). The highest BCUT2D eigenvalue weighted by Crippen LogP contribution is 2.26. The molecule has 0 spiro atoms. The van der Waals surface area contributed by atoms with E-state index in [1.165, 1.54) is 5.56 Å². The van der Waals surface area contributed by atoms with Crippen molar-refractivity contribution in [2.75, 3.05) is 19.7 Å². The van der Waals surface area contributed by atoms with Crippen LogP contribution in [0.15, 0.2) is 48.7 Å². The summed E-state index contributed by atoms with van der Waals surface area (Å²) in [5.41, 5.74) is 5.01. The van der Waals surface area contributed by atoms with Crippen LogP contribution in [0, 0.1) is 0 Å². The van der Waals surface area contributed by atoms with Crippen molar-refractivity contribution in [3.05, 3.63) is 59.4 Å². The van der Waals surface area contributed by atoms with Gasteiger partial charge in [0.05, 0.1) is 24.1 Å². The SMILES string of the molecule is Clc1ccc(-c2cc(-c3ccc([C@@H]4CNCCO4)cc3)n[nH]2)cn1. The molecule has 0 amide bonds. The molecule has 1 saturated heterocycles. The number of ether oxygens (including phenoxy) is 1. The highest BCUT2D eigenvalue weighted by Gasteiger charge is 2.15. The zero-order valence-corrected chi connectivity index (χ0v) is 13.8. The molecule has 0 bridgehead atoms. The largest absolute Gasteiger partial charge is 0.371 e. The van der Waals surface area contributed by atoms with Gasteiger partial charge in [-0.05, 0) is 23.8 Å². The number of aromatic nitrogens is 3. The minimum Gasteiger partial charge on any atom is -0.371 e. The number of pyridine rings is 1. The summed E-state index contributed by atoms with van der Waals surface area (Å²) in [7, 11) is 0. The molecule has 1 aliphatic rings. The van der Waals surface area contributed by atoms with Crippen molar-refractivity contribution in [1.29, 1.82) is 0 Å². The Hall–Kier alpha value is -2.21. The fraction of sp³-hybridized carbons (Fsp3) is 0.222. The van der Waals surface area contributed by atoms with Gasteiger partial charge in [0.25, 0.3) is 0 Å². The molecular weight excluding hydrogens is 324 g/mol. The van der Waals surface area contributed by atoms with Crippen LogP contribution in [0.3, 0.4) is 0 Å². The van der Waals surface area contributed by atoms with Gasteiger partial charge in [-0.15, -0.1) is 0 Å². The van der Waals surface area contributed by atoms with E-state index >= 15 is 0 Å². The average molecular weight is 341 g/mol. The van der Waals surface area contributed by atoms with Crippen LogP contribution in [0.25, 0.3) is 22.5 Å². The fourth-order valence-electron chi connectivity index (χ4n) is 2.80. The lowest BCUT2D eigenvalue weighted by Crippen LogP contribution is -2.33. The highest BCUT2D eigenvalue weighted by molar-refractivity contribution is 6.29. The van der Waals surface area contributed by atoms with Gasteiger partial charge in [0.15, 0.2) is 0 Å². The van der Waals surface area contributed by atoms with Crippen molar-refractivity contribution in [2.45, 2.75) is 6.10 Å². The van der Waals surface area contributed by atoms with Crippen LogP contribution in [0.1, 0.15) is 11.7 Å². The van der Waals surface area contributed by atoms with Gasteiger partial charge >= 0.3 is 0 Å². The summed E-state index contributed by atoms with van der Waals surface area (Å²) in [6.45, 7) is 2.53. The molecule has 1 aliphatic heterocycles. The molecule has 3 aromatic rings. The maximum atomic E-state index is 5.83. The summed E-state index contributed by atoms with van der Waals surface area (Å²) in [5, 5.41) is 11.3. The Morgan fingerprint density at radius 1 is 1.08 bits per heavy atom. The number of rotatable bonds is 3. The average Bonchev–Trinajstić information content (AvgIpc) is 3.13. The third kappa shape index (κ3) is 3.19. The van der Waals surface area contributed by atoms with Crippen LogP contribution in [0.5, 0.6) is 0 Å². The molecule has 0 aliphatic carbocycles. The normalized spacial score (nSPS) is 17.8. The van der Waals surface area contributed by atoms with Crippen molar-refractivity contribution in [1.82, 2.24) is 20.5 Å². The van der Waals surface area contributed by atoms with Gasteiger partial charge in [-0.25, -0.2) is 4.98 Å². The van der Waals surface area contributed by atoms with Crippen molar-refractivity contribution in [3.8, 4) is 22.5 Å². The first-order valence-electron chi connectivity index (χ1n) is 7.89. The molecule has 122 valence electrons. The number of H-pyrrole nitrogens is 1. The lowest BCUT2D eigenvalue weighted by atomic mass is 10.0. The molecule has 2 aromatic heterocycles. The molecule has 6 heteroatoms. The lowest BCUT2D eigenvalue weighted by Gasteiger charge is -2.24. The Bertz CT molecular complexity index is 808. The Morgan fingerprint density at radius 3 is 2.62 bits per heavy atom. The Labute approximate surface area is 145 Å². The van der Waals surface area contributed by atoms with Gasteiger partial charge in [-0.3, -0.25) is 5.10 Å². The minimum atomic E-state index is 0.127. The zero-order valence-electron chi connectivity index (χ0n) is 13.0. The quantitative estimate of drug-likeness (QED) is 0.717. The Balaban J connectivity index is 1.54. The van der Waals surface area contributed by atoms with Gasteiger partial charge < -0.3 is 10.1 Å². The summed E-state index contributed by atoms with van der Waals surface area (Å²) in [6.07, 6.45) is 1.86. The van der Waals surface area contributed by atoms with Gasteiger partial charge in [0, 0.05) is 30.4 Å². The van der Waals surface area contributed by atoms with Crippen molar-refractivity contribution >= 4 is 11.6 Å². The zero-order chi connectivity index (χ0) is 16.4. The summed E-state index contributed by atoms with van der Waals surface area (Å²) in [6, 6.07) is 14.1. The standard InChI is InChI=1S/C18H17ClN4O/c19-18-6-5-14(10-21-18)16-9-15(22-23-16)12-1-3-13(4-2-12)17-11-20-7-8-24-17/h1-6,9-10,17,20H,7-8,11H2,(H,22,23)/t17-/m0/s1. The van der Waals surface area contributed by atoms with Crippen LogP contribution < -0.4 is 5.32 Å². The Kier molecular flexibility index (Phi) is 4.30. The molecule has 3 heterocycles. The van der Waals surface area contributed by atoms with Gasteiger partial charge in [0.1, 0.15) is 5.15 Å². The molecular formula is C18H17ClN4O. The number of morpholine rings is 1. The van der Waals surface area contributed by atoms with Crippen molar-refractivity contribution in [3.63, 3.8) is 0 Å². The lowest BCUT2D eigenvalue weighted by molar-refractivity contribution is 0.0277. The van der Waals surface area contributed by atoms with E-state index in [1.807, 2.05) is 12.1 Å². The molecule has 2 N–H and O–H groups in total. The summed E-state index contributed by atoms with van der Waals surface area (Å²) >= 11 is 5.83. The van der Waals surface area contributed by atoms with Crippen LogP contribution in [-0.4, -0.2) is 34.9 Å². The molecule has 24 heavy (non-hydrogen) atoms. The number of benzene rings is 1. The molecule has 1 fully saturated rings. The third-order valence-electron chi connectivity index (χ3n) is 4.12. The predicted octanol–water partition coefficient (Wildman–Crippen LogP) is 3.45. The predicted molar refractivity (Wildman–Crippen MR) is 93.8 cm³/mol. The number of aromatic amines is 1. The second-order valence-corrected chi connectivity index (χ2v) is 6.11. The fourth-order valence-corrected chi connectivity index (χ4v) is 2.91. The molecule has 0 saturated carbocycles. The summed E-state index contributed by atoms with van der Waals surface area (Å²) in [5.74, 6) is 0. The first kappa shape index (κ1) is 15.3. The van der Waals surface area contributed by atoms with E-state index in [-0.39, 0.29) is 6.10 Å². The summed E-state index contributed by atoms with van der Waals surface area (Å²) < 4.78 is 5.78. The maximum absolute atomic E-state index is 5.83. The second-order valence-electron chi connectivity index (χ2n) is 5.72. The van der Waals surface area contributed by atoms with E-state index in [4.69, 9.17) is 16.3 Å². The van der Waals surface area contributed by atoms with E-state index < -0.39 is 0 Å². The van der Waals surface area contributed by atoms with Gasteiger partial charge in [0.2, 0.25) is 0 Å². The van der Waals surface area contributed by atoms with E-state index in [2.05, 4.69) is 44.8 Å². The Morgan fingerprint density at radius 2 is 1.92 bits per heavy atom. The van der Waals surface area contributed by atoms with Crippen LogP contribution in [0.4, 0.5) is 0 Å². The number of hydrogen-bond acceptors (Lipinski definition) is 4. The molecule has 1 aromatic carbocycles. The first-order valence-corrected chi connectivity index (χ1v) is 8.27. The number of hydrogen-bond donors (Lipinski definition) is 2. The molecule has 5 nitrogen and oxygen atoms in total. The second kappa shape index (κ2) is 6.73. The van der Waals surface area contributed by atoms with Crippen LogP contribution in [-0.2, 0) is 4.74 Å². The smallest absolute Gasteiger partial charge is 0.129 e. The van der Waals surface area contributed by atoms with Crippen LogP contribution >= 0.6 is 11.6 Å². The third-order valence-corrected chi connectivity index (χ3v) is 4.35. The maximum Gasteiger partial charge on any atom is 0.129 e. The van der Waals surface area contributed by atoms with Gasteiger partial charge in [-0.2, -0.15) is 5.10 Å². The minimum absolute atomic E-state index is 0.127. The topological polar surface area (TPSA) is 62.8 Å². The molecule has 0 radical (unpaired) electrons. The first-order chi connectivity index (χ1) is 11.8. The number of nitrogens with zero attached hydrogens (tertiary/aromatic N) is 2. The summed E-state index contributed by atoms with van der Waals surface area (Å²) in [4.78, 5) is 4.10. The van der Waals surface area contributed by atoms with Crippen LogP contribution in [0.2, 0.25) is 5.15 Å². The highest BCUT2D eigenvalue weighted by atomic mass is 35.5. The number of nitrogens with one attached hydrogen (secondary N) is 2. The van der Waals surface area contributed by atoms with E-state index in [0.717, 1.165) is 42.2 Å². The van der Waals surface area contributed by atoms with E-state index in [9.17, 15) is 0 Å². The molecule has 1 atom stereocenters. The van der Waals surface area contributed by atoms with E-state index in [1.54, 1.807) is 12.3 Å². The molecule has 0 unspecified atom stereocenters. The number of halogens is 1. The van der Waals surface area contributed by atoms with Gasteiger partial charge in [-0.1, -0.05) is 35.9 Å². The van der Waals surface area contributed by atoms with E-state index in [0.29, 0.717) is 5.15 Å². The van der Waals surface area contributed by atoms with Crippen molar-refractivity contribution < 1.29 is 4.74 Å². The van der Waals surface area contributed by atoms with Crippen molar-refractivity contribution in [2.24, 2.45) is 0 Å². The monoisotopic (exact) mass is 340 g/mol.